The Labute approximate surface area is 117 Å². The molecule has 2 heterocycles. The normalized spacial score (nSPS) is 17.7. The molecule has 0 spiro atoms. The van der Waals surface area contributed by atoms with Gasteiger partial charge in [-0.3, -0.25) is 0 Å². The SMILES string of the molecule is CN1CCC(CN(C)c2snc(Cl)c2C#N)CC1. The van der Waals surface area contributed by atoms with Crippen LogP contribution in [0.2, 0.25) is 5.15 Å². The molecule has 0 aromatic carbocycles. The van der Waals surface area contributed by atoms with Gasteiger partial charge >= 0.3 is 0 Å². The summed E-state index contributed by atoms with van der Waals surface area (Å²) in [6.45, 7) is 3.29. The topological polar surface area (TPSA) is 43.2 Å². The Kier molecular flexibility index (Phi) is 4.44. The number of aromatic nitrogens is 1. The molecule has 1 saturated heterocycles. The summed E-state index contributed by atoms with van der Waals surface area (Å²) < 4.78 is 4.05. The van der Waals surface area contributed by atoms with E-state index in [-0.39, 0.29) is 0 Å². The van der Waals surface area contributed by atoms with Gasteiger partial charge in [-0.25, -0.2) is 0 Å². The molecule has 1 aliphatic heterocycles. The highest BCUT2D eigenvalue weighted by Gasteiger charge is 2.21. The van der Waals surface area contributed by atoms with E-state index in [0.717, 1.165) is 24.6 Å². The van der Waals surface area contributed by atoms with Crippen LogP contribution in [-0.4, -0.2) is 43.0 Å². The maximum absolute atomic E-state index is 9.08. The van der Waals surface area contributed by atoms with E-state index >= 15 is 0 Å². The number of halogens is 1. The standard InChI is InChI=1S/C12H17ClN4S/c1-16-5-3-9(4-6-16)8-17(2)12-10(7-14)11(13)15-18-12/h9H,3-6,8H2,1-2H3. The van der Waals surface area contributed by atoms with Crippen molar-refractivity contribution in [2.24, 2.45) is 5.92 Å². The van der Waals surface area contributed by atoms with E-state index in [1.807, 2.05) is 7.05 Å². The number of anilines is 1. The minimum atomic E-state index is 0.327. The van der Waals surface area contributed by atoms with Gasteiger partial charge in [-0.15, -0.1) is 0 Å². The molecule has 0 atom stereocenters. The zero-order valence-corrected chi connectivity index (χ0v) is 12.3. The van der Waals surface area contributed by atoms with Crippen molar-refractivity contribution >= 4 is 28.1 Å². The fraction of sp³-hybridized carbons (Fsp3) is 0.667. The van der Waals surface area contributed by atoms with Crippen molar-refractivity contribution in [1.29, 1.82) is 5.26 Å². The molecule has 4 nitrogen and oxygen atoms in total. The number of hydrogen-bond donors (Lipinski definition) is 0. The Hall–Kier alpha value is -0.830. The third-order valence-electron chi connectivity index (χ3n) is 3.46. The van der Waals surface area contributed by atoms with E-state index in [1.165, 1.54) is 24.4 Å². The molecular weight excluding hydrogens is 268 g/mol. The lowest BCUT2D eigenvalue weighted by atomic mass is 9.97. The molecule has 0 saturated carbocycles. The van der Waals surface area contributed by atoms with Gasteiger partial charge < -0.3 is 9.80 Å². The van der Waals surface area contributed by atoms with Gasteiger partial charge in [0.1, 0.15) is 16.6 Å². The molecular formula is C12H17ClN4S. The highest BCUT2D eigenvalue weighted by molar-refractivity contribution is 7.10. The van der Waals surface area contributed by atoms with Gasteiger partial charge in [-0.1, -0.05) is 11.6 Å². The monoisotopic (exact) mass is 284 g/mol. The maximum atomic E-state index is 9.08. The molecule has 0 bridgehead atoms. The minimum Gasteiger partial charge on any atom is -0.364 e. The fourth-order valence-electron chi connectivity index (χ4n) is 2.33. The number of rotatable bonds is 3. The van der Waals surface area contributed by atoms with E-state index in [9.17, 15) is 0 Å². The predicted molar refractivity (Wildman–Crippen MR) is 75.3 cm³/mol. The Morgan fingerprint density at radius 1 is 1.56 bits per heavy atom. The van der Waals surface area contributed by atoms with Crippen LogP contribution in [-0.2, 0) is 0 Å². The predicted octanol–water partition coefficient (Wildman–Crippen LogP) is 2.45. The molecule has 0 amide bonds. The number of nitriles is 1. The van der Waals surface area contributed by atoms with E-state index in [1.54, 1.807) is 0 Å². The second-order valence-corrected chi connectivity index (χ2v) is 6.00. The van der Waals surface area contributed by atoms with Crippen LogP contribution >= 0.6 is 23.1 Å². The Bertz CT molecular complexity index is 445. The van der Waals surface area contributed by atoms with Crippen LogP contribution in [0.3, 0.4) is 0 Å². The first-order valence-electron chi connectivity index (χ1n) is 6.06. The number of nitrogens with zero attached hydrogens (tertiary/aromatic N) is 4. The van der Waals surface area contributed by atoms with Crippen LogP contribution in [0.5, 0.6) is 0 Å². The molecule has 18 heavy (non-hydrogen) atoms. The number of piperidine rings is 1. The molecule has 0 unspecified atom stereocenters. The van der Waals surface area contributed by atoms with Gasteiger partial charge in [-0.05, 0) is 50.4 Å². The van der Waals surface area contributed by atoms with Crippen molar-refractivity contribution in [3.63, 3.8) is 0 Å². The Balaban J connectivity index is 1.99. The van der Waals surface area contributed by atoms with Crippen LogP contribution < -0.4 is 4.90 Å². The van der Waals surface area contributed by atoms with Gasteiger partial charge in [0.15, 0.2) is 5.15 Å². The third kappa shape index (κ3) is 2.94. The molecule has 2 rings (SSSR count). The number of likely N-dealkylation sites (tertiary alicyclic amines) is 1. The lowest BCUT2D eigenvalue weighted by Crippen LogP contribution is -2.35. The van der Waals surface area contributed by atoms with Crippen molar-refractivity contribution in [1.82, 2.24) is 9.27 Å². The van der Waals surface area contributed by atoms with Crippen molar-refractivity contribution in [3.05, 3.63) is 10.7 Å². The molecule has 0 N–H and O–H groups in total. The lowest BCUT2D eigenvalue weighted by Gasteiger charge is -2.31. The Morgan fingerprint density at radius 3 is 2.83 bits per heavy atom. The average Bonchev–Trinajstić information content (AvgIpc) is 2.73. The molecule has 0 aliphatic carbocycles. The summed E-state index contributed by atoms with van der Waals surface area (Å²) >= 11 is 7.20. The fourth-order valence-corrected chi connectivity index (χ4v) is 3.33. The highest BCUT2D eigenvalue weighted by Crippen LogP contribution is 2.31. The summed E-state index contributed by atoms with van der Waals surface area (Å²) in [4.78, 5) is 4.48. The molecule has 0 radical (unpaired) electrons. The minimum absolute atomic E-state index is 0.327. The van der Waals surface area contributed by atoms with Crippen LogP contribution in [0.4, 0.5) is 5.00 Å². The van der Waals surface area contributed by atoms with Crippen molar-refractivity contribution in [2.45, 2.75) is 12.8 Å². The molecule has 6 heteroatoms. The summed E-state index contributed by atoms with van der Waals surface area (Å²) in [5.74, 6) is 0.693. The summed E-state index contributed by atoms with van der Waals surface area (Å²) in [6.07, 6.45) is 2.44. The van der Waals surface area contributed by atoms with Crippen LogP contribution in [0.15, 0.2) is 0 Å². The van der Waals surface area contributed by atoms with E-state index in [4.69, 9.17) is 16.9 Å². The first-order chi connectivity index (χ1) is 8.61. The summed E-state index contributed by atoms with van der Waals surface area (Å²) in [5.41, 5.74) is 0.511. The molecule has 1 aliphatic rings. The first kappa shape index (κ1) is 13.6. The van der Waals surface area contributed by atoms with Gasteiger partial charge in [0.2, 0.25) is 0 Å². The maximum Gasteiger partial charge on any atom is 0.162 e. The second-order valence-electron chi connectivity index (χ2n) is 4.89. The van der Waals surface area contributed by atoms with Gasteiger partial charge in [0, 0.05) is 13.6 Å². The van der Waals surface area contributed by atoms with Crippen LogP contribution in [0.25, 0.3) is 0 Å². The molecule has 1 fully saturated rings. The second kappa shape index (κ2) is 5.87. The van der Waals surface area contributed by atoms with Crippen LogP contribution in [0.1, 0.15) is 18.4 Å². The van der Waals surface area contributed by atoms with E-state index in [2.05, 4.69) is 27.3 Å². The summed E-state index contributed by atoms with van der Waals surface area (Å²) in [5, 5.41) is 10.3. The van der Waals surface area contributed by atoms with Gasteiger partial charge in [0.25, 0.3) is 0 Å². The molecule has 98 valence electrons. The van der Waals surface area contributed by atoms with Gasteiger partial charge in [0.05, 0.1) is 0 Å². The zero-order chi connectivity index (χ0) is 13.1. The number of hydrogen-bond acceptors (Lipinski definition) is 5. The van der Waals surface area contributed by atoms with Crippen molar-refractivity contribution in [2.75, 3.05) is 38.6 Å². The quantitative estimate of drug-likeness (QED) is 0.855. The first-order valence-corrected chi connectivity index (χ1v) is 7.22. The van der Waals surface area contributed by atoms with E-state index in [0.29, 0.717) is 16.6 Å². The van der Waals surface area contributed by atoms with Gasteiger partial charge in [-0.2, -0.15) is 9.64 Å². The Morgan fingerprint density at radius 2 is 2.22 bits per heavy atom. The lowest BCUT2D eigenvalue weighted by molar-refractivity contribution is 0.222. The van der Waals surface area contributed by atoms with E-state index < -0.39 is 0 Å². The summed E-state index contributed by atoms with van der Waals surface area (Å²) in [6, 6.07) is 2.14. The van der Waals surface area contributed by atoms with Crippen LogP contribution in [0, 0.1) is 17.2 Å². The average molecular weight is 285 g/mol. The largest absolute Gasteiger partial charge is 0.364 e. The molecule has 1 aromatic heterocycles. The summed E-state index contributed by atoms with van der Waals surface area (Å²) in [7, 11) is 4.18. The van der Waals surface area contributed by atoms with Crippen molar-refractivity contribution in [3.8, 4) is 6.07 Å². The highest BCUT2D eigenvalue weighted by atomic mass is 35.5. The molecule has 1 aromatic rings. The van der Waals surface area contributed by atoms with Crippen molar-refractivity contribution < 1.29 is 0 Å². The third-order valence-corrected chi connectivity index (χ3v) is 4.80. The zero-order valence-electron chi connectivity index (χ0n) is 10.7. The smallest absolute Gasteiger partial charge is 0.162 e.